The topological polar surface area (TPSA) is 63.0 Å². The normalized spacial score (nSPS) is 15.1. The van der Waals surface area contributed by atoms with Crippen molar-refractivity contribution in [2.45, 2.75) is 6.17 Å². The number of benzene rings is 7. The van der Waals surface area contributed by atoms with Crippen molar-refractivity contribution in [2.75, 3.05) is 0 Å². The number of rotatable bonds is 3. The van der Waals surface area contributed by atoms with Crippen molar-refractivity contribution in [3.05, 3.63) is 156 Å². The molecule has 0 spiro atoms. The molecule has 0 aliphatic carbocycles. The molecule has 230 valence electrons. The Hall–Kier alpha value is -6.24. The number of hydrogen-bond acceptors (Lipinski definition) is 6. The Labute approximate surface area is 283 Å². The number of hydrogen-bond donors (Lipinski definition) is 1. The van der Waals surface area contributed by atoms with E-state index >= 15 is 0 Å². The molecule has 0 saturated carbocycles. The van der Waals surface area contributed by atoms with Crippen LogP contribution in [-0.4, -0.2) is 11.7 Å². The maximum absolute atomic E-state index is 6.59. The number of thiophene rings is 1. The van der Waals surface area contributed by atoms with Gasteiger partial charge in [0, 0.05) is 53.7 Å². The predicted molar refractivity (Wildman–Crippen MR) is 203 cm³/mol. The Morgan fingerprint density at radius 1 is 0.571 bits per heavy atom. The fraction of sp³-hybridized carbons (Fsp3) is 0.0233. The molecule has 11 rings (SSSR count). The smallest absolute Gasteiger partial charge is 0.159 e. The zero-order valence-corrected chi connectivity index (χ0v) is 26.8. The minimum atomic E-state index is -0.369. The maximum Gasteiger partial charge on any atom is 0.159 e. The van der Waals surface area contributed by atoms with Crippen LogP contribution in [0.2, 0.25) is 0 Å². The standard InChI is InChI=1S/C43H25N3O2S/c1-2-12-26-24(10-1)11-9-16-29(26)42-44-41(25-20-21-36-31(22-25)27-13-3-6-17-34(27)47-36)45-43(46-42)33-23-32-28-14-4-7-18-35(28)48-39(32)38-30-15-5-8-19-37(30)49-40(33)38/h1-23,42H,(H,44,45,46). The van der Waals surface area contributed by atoms with Crippen LogP contribution in [0, 0.1) is 0 Å². The molecule has 7 aromatic carbocycles. The quantitative estimate of drug-likeness (QED) is 0.208. The summed E-state index contributed by atoms with van der Waals surface area (Å²) in [5, 5.41) is 12.7. The van der Waals surface area contributed by atoms with E-state index in [9.17, 15) is 0 Å². The minimum absolute atomic E-state index is 0.369. The molecule has 0 bridgehead atoms. The molecule has 5 nitrogen and oxygen atoms in total. The zero-order chi connectivity index (χ0) is 32.1. The van der Waals surface area contributed by atoms with Gasteiger partial charge in [0.05, 0.1) is 4.70 Å². The van der Waals surface area contributed by atoms with Crippen LogP contribution in [0.1, 0.15) is 22.9 Å². The number of aliphatic imine (C=N–C) groups is 2. The molecule has 1 aliphatic heterocycles. The van der Waals surface area contributed by atoms with Crippen LogP contribution < -0.4 is 5.32 Å². The van der Waals surface area contributed by atoms with E-state index in [1.807, 2.05) is 36.4 Å². The first kappa shape index (κ1) is 26.8. The summed E-state index contributed by atoms with van der Waals surface area (Å²) in [4.78, 5) is 10.7. The van der Waals surface area contributed by atoms with Crippen molar-refractivity contribution in [3.63, 3.8) is 0 Å². The average Bonchev–Trinajstić information content (AvgIpc) is 3.85. The largest absolute Gasteiger partial charge is 0.456 e. The van der Waals surface area contributed by atoms with Gasteiger partial charge in [-0.1, -0.05) is 97.1 Å². The fourth-order valence-corrected chi connectivity index (χ4v) is 8.69. The number of nitrogens with one attached hydrogen (secondary N) is 1. The first-order chi connectivity index (χ1) is 24.3. The first-order valence-electron chi connectivity index (χ1n) is 16.3. The molecular weight excluding hydrogens is 623 g/mol. The number of amidine groups is 2. The number of para-hydroxylation sites is 2. The minimum Gasteiger partial charge on any atom is -0.456 e. The zero-order valence-electron chi connectivity index (χ0n) is 26.0. The van der Waals surface area contributed by atoms with Gasteiger partial charge in [-0.3, -0.25) is 0 Å². The lowest BCUT2D eigenvalue weighted by molar-refractivity contribution is 0.669. The molecule has 1 atom stereocenters. The van der Waals surface area contributed by atoms with Gasteiger partial charge in [0.1, 0.15) is 34.3 Å². The van der Waals surface area contributed by atoms with Gasteiger partial charge in [0.15, 0.2) is 5.84 Å². The molecule has 0 saturated heterocycles. The van der Waals surface area contributed by atoms with Gasteiger partial charge in [-0.25, -0.2) is 9.98 Å². The summed E-state index contributed by atoms with van der Waals surface area (Å²) in [6.45, 7) is 0. The molecule has 3 aromatic heterocycles. The summed E-state index contributed by atoms with van der Waals surface area (Å²) in [5.74, 6) is 1.45. The van der Waals surface area contributed by atoms with Crippen LogP contribution in [-0.2, 0) is 0 Å². The summed E-state index contributed by atoms with van der Waals surface area (Å²) in [5.41, 5.74) is 6.56. The summed E-state index contributed by atoms with van der Waals surface area (Å²) in [6.07, 6.45) is -0.369. The Balaban J connectivity index is 1.20. The van der Waals surface area contributed by atoms with Crippen molar-refractivity contribution in [2.24, 2.45) is 9.98 Å². The number of furan rings is 2. The highest BCUT2D eigenvalue weighted by atomic mass is 32.1. The van der Waals surface area contributed by atoms with E-state index in [1.54, 1.807) is 11.3 Å². The molecule has 1 unspecified atom stereocenters. The molecule has 49 heavy (non-hydrogen) atoms. The lowest BCUT2D eigenvalue weighted by Crippen LogP contribution is -2.33. The third kappa shape index (κ3) is 3.98. The van der Waals surface area contributed by atoms with E-state index in [4.69, 9.17) is 18.8 Å². The SMILES string of the molecule is c1ccc2c(C3N=C(c4ccc5oc6ccccc6c5c4)N=C(c4cc5c6ccccc6oc5c5c4sc4ccccc45)N3)cccc2c1. The van der Waals surface area contributed by atoms with E-state index in [1.165, 1.54) is 15.5 Å². The lowest BCUT2D eigenvalue weighted by atomic mass is 10.00. The third-order valence-corrected chi connectivity index (χ3v) is 10.9. The number of fused-ring (bicyclic) bond motifs is 11. The van der Waals surface area contributed by atoms with Crippen molar-refractivity contribution >= 4 is 97.8 Å². The van der Waals surface area contributed by atoms with Crippen LogP contribution in [0.3, 0.4) is 0 Å². The van der Waals surface area contributed by atoms with Gasteiger partial charge in [-0.05, 0) is 53.2 Å². The molecule has 1 aliphatic rings. The van der Waals surface area contributed by atoms with Gasteiger partial charge in [-0.2, -0.15) is 0 Å². The van der Waals surface area contributed by atoms with E-state index in [2.05, 4.69) is 108 Å². The van der Waals surface area contributed by atoms with Gasteiger partial charge in [-0.15, -0.1) is 11.3 Å². The first-order valence-corrected chi connectivity index (χ1v) is 17.2. The number of nitrogens with zero attached hydrogens (tertiary/aromatic N) is 2. The summed E-state index contributed by atoms with van der Waals surface area (Å²) < 4.78 is 15.1. The van der Waals surface area contributed by atoms with Crippen LogP contribution in [0.25, 0.3) is 74.8 Å². The average molecular weight is 648 g/mol. The van der Waals surface area contributed by atoms with Crippen LogP contribution >= 0.6 is 11.3 Å². The third-order valence-electron chi connectivity index (χ3n) is 9.74. The summed E-state index contributed by atoms with van der Waals surface area (Å²) in [6, 6.07) is 48.4. The van der Waals surface area contributed by atoms with E-state index < -0.39 is 0 Å². The van der Waals surface area contributed by atoms with Crippen molar-refractivity contribution in [3.8, 4) is 0 Å². The van der Waals surface area contributed by atoms with Crippen LogP contribution in [0.4, 0.5) is 0 Å². The fourth-order valence-electron chi connectivity index (χ4n) is 7.47. The van der Waals surface area contributed by atoms with Crippen molar-refractivity contribution in [1.82, 2.24) is 5.32 Å². The van der Waals surface area contributed by atoms with Crippen molar-refractivity contribution in [1.29, 1.82) is 0 Å². The predicted octanol–water partition coefficient (Wildman–Crippen LogP) is 11.5. The Morgan fingerprint density at radius 2 is 1.27 bits per heavy atom. The van der Waals surface area contributed by atoms with Crippen LogP contribution in [0.5, 0.6) is 0 Å². The van der Waals surface area contributed by atoms with E-state index in [0.717, 1.165) is 81.9 Å². The van der Waals surface area contributed by atoms with Crippen molar-refractivity contribution < 1.29 is 8.83 Å². The van der Waals surface area contributed by atoms with Gasteiger partial charge < -0.3 is 14.2 Å². The summed E-state index contributed by atoms with van der Waals surface area (Å²) in [7, 11) is 0. The van der Waals surface area contributed by atoms with E-state index in [0.29, 0.717) is 5.84 Å². The molecule has 0 amide bonds. The monoisotopic (exact) mass is 647 g/mol. The highest BCUT2D eigenvalue weighted by molar-refractivity contribution is 7.26. The molecule has 0 radical (unpaired) electrons. The van der Waals surface area contributed by atoms with Gasteiger partial charge >= 0.3 is 0 Å². The molecule has 0 fully saturated rings. The Bertz CT molecular complexity index is 3050. The maximum atomic E-state index is 6.59. The molecule has 1 N–H and O–H groups in total. The second-order valence-electron chi connectivity index (χ2n) is 12.5. The Morgan fingerprint density at radius 3 is 2.14 bits per heavy atom. The molecular formula is C43H25N3O2S. The molecule has 4 heterocycles. The Kier molecular flexibility index (Phi) is 5.54. The highest BCUT2D eigenvalue weighted by Gasteiger charge is 2.27. The van der Waals surface area contributed by atoms with Gasteiger partial charge in [0.25, 0.3) is 0 Å². The molecule has 6 heteroatoms. The molecule has 10 aromatic rings. The van der Waals surface area contributed by atoms with E-state index in [-0.39, 0.29) is 6.17 Å². The second-order valence-corrected chi connectivity index (χ2v) is 13.6. The lowest BCUT2D eigenvalue weighted by Gasteiger charge is -2.25. The highest BCUT2D eigenvalue weighted by Crippen LogP contribution is 2.44. The van der Waals surface area contributed by atoms with Gasteiger partial charge in [0.2, 0.25) is 0 Å². The second kappa shape index (κ2) is 10.1. The summed E-state index contributed by atoms with van der Waals surface area (Å²) >= 11 is 1.77. The van der Waals surface area contributed by atoms with Crippen LogP contribution in [0.15, 0.2) is 158 Å².